The number of benzene rings is 1. The minimum atomic E-state index is -3.59. The van der Waals surface area contributed by atoms with Crippen molar-refractivity contribution in [3.05, 3.63) is 35.4 Å². The maximum Gasteiger partial charge on any atom is 0.325 e. The summed E-state index contributed by atoms with van der Waals surface area (Å²) < 4.78 is 32.9. The van der Waals surface area contributed by atoms with Gasteiger partial charge in [-0.1, -0.05) is 24.3 Å². The Morgan fingerprint density at radius 1 is 0.714 bits per heavy atom. The Hall–Kier alpha value is -3.15. The van der Waals surface area contributed by atoms with Gasteiger partial charge in [0, 0.05) is 38.8 Å². The highest BCUT2D eigenvalue weighted by Crippen LogP contribution is 2.42. The third kappa shape index (κ3) is 22.6. The molecule has 320 valence electrons. The first kappa shape index (κ1) is 49.0. The van der Waals surface area contributed by atoms with Gasteiger partial charge in [0.1, 0.15) is 0 Å². The molecule has 1 unspecified atom stereocenters. The predicted octanol–water partition coefficient (Wildman–Crippen LogP) is -2.02. The Balaban J connectivity index is 2.13. The molecule has 0 aliphatic heterocycles. The molecule has 56 heavy (non-hydrogen) atoms. The summed E-state index contributed by atoms with van der Waals surface area (Å²) in [5.41, 5.74) is 1.56. The van der Waals surface area contributed by atoms with E-state index in [4.69, 9.17) is 36.4 Å². The first-order chi connectivity index (χ1) is 26.9. The molecule has 4 amide bonds. The van der Waals surface area contributed by atoms with Crippen LogP contribution in [0.2, 0.25) is 0 Å². The summed E-state index contributed by atoms with van der Waals surface area (Å²) in [7, 11) is -3.59. The maximum atomic E-state index is 13.8. The Kier molecular flexibility index (Phi) is 25.5. The molecule has 22 heteroatoms. The molecular weight excluding hydrogens is 759 g/mol. The van der Waals surface area contributed by atoms with Crippen LogP contribution in [0.5, 0.6) is 0 Å². The van der Waals surface area contributed by atoms with E-state index < -0.39 is 31.4 Å². The van der Waals surface area contributed by atoms with E-state index in [9.17, 15) is 28.6 Å². The molecule has 1 saturated carbocycles. The highest BCUT2D eigenvalue weighted by Gasteiger charge is 2.31. The van der Waals surface area contributed by atoms with Gasteiger partial charge in [-0.3, -0.25) is 28.6 Å². The van der Waals surface area contributed by atoms with Gasteiger partial charge >= 0.3 is 7.60 Å². The molecule has 1 aromatic carbocycles. The van der Waals surface area contributed by atoms with Gasteiger partial charge in [-0.25, -0.2) is 17.7 Å². The van der Waals surface area contributed by atoms with Gasteiger partial charge in [-0.2, -0.15) is 0 Å². The van der Waals surface area contributed by atoms with Gasteiger partial charge in [0.15, 0.2) is 0 Å². The minimum absolute atomic E-state index is 0.105. The zero-order valence-electron chi connectivity index (χ0n) is 32.2. The number of carbonyl (C=O) groups excluding carboxylic acids is 4. The number of nitrogens with one attached hydrogen (secondary N) is 4. The summed E-state index contributed by atoms with van der Waals surface area (Å²) in [5.74, 6) is 13.4. The number of carbonyl (C=O) groups is 4. The lowest BCUT2D eigenvalue weighted by atomic mass is 9.87. The normalized spacial score (nSPS) is 17.2. The largest absolute Gasteiger partial charge is 0.377 e. The third-order valence-electron chi connectivity index (χ3n) is 8.46. The summed E-state index contributed by atoms with van der Waals surface area (Å²) in [5, 5.41) is 11.3. The minimum Gasteiger partial charge on any atom is -0.377 e. The van der Waals surface area contributed by atoms with E-state index in [0.29, 0.717) is 25.7 Å². The molecular formula is C34H61N8O13P. The number of ether oxygens (including phenoxy) is 3. The maximum absolute atomic E-state index is 13.8. The molecule has 0 bridgehead atoms. The molecule has 21 nitrogen and oxygen atoms in total. The lowest BCUT2D eigenvalue weighted by molar-refractivity contribution is -0.132. The second-order valence-corrected chi connectivity index (χ2v) is 14.8. The van der Waals surface area contributed by atoms with Crippen LogP contribution < -0.4 is 39.0 Å². The van der Waals surface area contributed by atoms with E-state index in [2.05, 4.69) is 35.8 Å². The van der Waals surface area contributed by atoms with E-state index in [1.165, 1.54) is 4.90 Å². The van der Waals surface area contributed by atoms with Crippen molar-refractivity contribution in [1.29, 1.82) is 0 Å². The van der Waals surface area contributed by atoms with E-state index in [1.54, 1.807) is 0 Å². The summed E-state index contributed by atoms with van der Waals surface area (Å²) in [6.45, 7) is 3.18. The van der Waals surface area contributed by atoms with Crippen molar-refractivity contribution in [1.82, 2.24) is 26.2 Å². The van der Waals surface area contributed by atoms with Crippen molar-refractivity contribution in [2.75, 3.05) is 98.9 Å². The Bertz CT molecular complexity index is 1290. The molecule has 11 N–H and O–H groups in total. The van der Waals surface area contributed by atoms with Crippen LogP contribution in [-0.2, 0) is 70.0 Å². The monoisotopic (exact) mass is 820 g/mol. The molecule has 2 atom stereocenters. The Morgan fingerprint density at radius 2 is 1.18 bits per heavy atom. The number of rotatable bonds is 31. The highest BCUT2D eigenvalue weighted by molar-refractivity contribution is 7.51. The van der Waals surface area contributed by atoms with E-state index in [-0.39, 0.29) is 123 Å². The fourth-order valence-electron chi connectivity index (χ4n) is 5.72. The van der Waals surface area contributed by atoms with Crippen molar-refractivity contribution in [2.45, 2.75) is 50.8 Å². The van der Waals surface area contributed by atoms with Crippen molar-refractivity contribution in [2.24, 2.45) is 23.6 Å². The lowest BCUT2D eigenvalue weighted by Crippen LogP contribution is -2.54. The number of amides is 4. The van der Waals surface area contributed by atoms with Gasteiger partial charge < -0.3 is 59.4 Å². The van der Waals surface area contributed by atoms with Gasteiger partial charge in [-0.05, 0) is 43.2 Å². The Labute approximate surface area is 327 Å². The smallest absolute Gasteiger partial charge is 0.325 e. The van der Waals surface area contributed by atoms with Crippen molar-refractivity contribution in [3.8, 4) is 0 Å². The van der Waals surface area contributed by atoms with Gasteiger partial charge in [0.2, 0.25) is 23.6 Å². The first-order valence-electron chi connectivity index (χ1n) is 18.5. The second kappa shape index (κ2) is 29.1. The van der Waals surface area contributed by atoms with Crippen LogP contribution in [-0.4, -0.2) is 144 Å². The molecule has 1 aliphatic rings. The average Bonchev–Trinajstić information content (AvgIpc) is 3.16. The topological polar surface area (TPSA) is 300 Å². The fraction of sp³-hybridized carbons (Fsp3) is 0.706. The quantitative estimate of drug-likeness (QED) is 0.0228. The van der Waals surface area contributed by atoms with E-state index in [1.807, 2.05) is 24.3 Å². The van der Waals surface area contributed by atoms with Crippen molar-refractivity contribution >= 4 is 31.2 Å². The molecule has 0 saturated heterocycles. The van der Waals surface area contributed by atoms with Crippen molar-refractivity contribution in [3.63, 3.8) is 0 Å². The summed E-state index contributed by atoms with van der Waals surface area (Å²) in [4.78, 5) is 77.3. The zero-order valence-corrected chi connectivity index (χ0v) is 33.1. The summed E-state index contributed by atoms with van der Waals surface area (Å²) >= 11 is 0. The van der Waals surface area contributed by atoms with Gasteiger partial charge in [-0.15, -0.1) is 0 Å². The molecule has 1 aromatic rings. The standard InChI is InChI=1S/C34H61N8O13P/c1-56(47,48)55-29-8-6-28(7-9-29)33(45)41-23-27-4-2-26(3-5-27)22-30(34(46)40-12-15-51-18-21-54-37)42(24-31(43)38-10-13-49-16-19-52-35)25-32(44)39-11-14-50-17-20-53-36/h2-5,28-30H,6-25,35-37H2,1H3,(H,38,43)(H,39,44)(H,40,46)(H,41,45)(H,47,48)/t28-,29-,30-/m1/s1. The molecule has 0 spiro atoms. The molecule has 1 fully saturated rings. The zero-order chi connectivity index (χ0) is 41.0. The predicted molar refractivity (Wildman–Crippen MR) is 202 cm³/mol. The van der Waals surface area contributed by atoms with Crippen LogP contribution in [0, 0.1) is 5.92 Å². The van der Waals surface area contributed by atoms with Crippen LogP contribution in [0.3, 0.4) is 0 Å². The molecule has 0 radical (unpaired) electrons. The molecule has 1 aliphatic carbocycles. The number of hydrogen-bond donors (Lipinski definition) is 8. The molecule has 0 aromatic heterocycles. The summed E-state index contributed by atoms with van der Waals surface area (Å²) in [6, 6.07) is 6.34. The highest BCUT2D eigenvalue weighted by atomic mass is 31.2. The third-order valence-corrected chi connectivity index (χ3v) is 9.15. The Morgan fingerprint density at radius 3 is 1.64 bits per heavy atom. The van der Waals surface area contributed by atoms with Crippen LogP contribution in [0.15, 0.2) is 24.3 Å². The fourth-order valence-corrected chi connectivity index (χ4v) is 6.48. The van der Waals surface area contributed by atoms with Gasteiger partial charge in [0.05, 0.1) is 84.7 Å². The first-order valence-corrected chi connectivity index (χ1v) is 20.6. The summed E-state index contributed by atoms with van der Waals surface area (Å²) in [6.07, 6.45) is 1.94. The van der Waals surface area contributed by atoms with Crippen LogP contribution in [0.4, 0.5) is 0 Å². The SMILES string of the molecule is CP(=O)(O)O[C@H]1CC[C@H](C(=O)NCc2ccc(C[C@H](C(=O)NCCOCCON)N(CC(=O)NCCOCCON)CC(=O)NCCOCCON)cc2)CC1. The van der Waals surface area contributed by atoms with Crippen LogP contribution >= 0.6 is 7.60 Å². The second-order valence-electron chi connectivity index (χ2n) is 13.0. The number of nitrogens with two attached hydrogens (primary N) is 3. The number of nitrogens with zero attached hydrogens (tertiary/aromatic N) is 1. The molecule has 2 rings (SSSR count). The van der Waals surface area contributed by atoms with E-state index >= 15 is 0 Å². The van der Waals surface area contributed by atoms with Crippen molar-refractivity contribution < 1.29 is 61.9 Å². The van der Waals surface area contributed by atoms with Gasteiger partial charge in [0.25, 0.3) is 0 Å². The molecule has 0 heterocycles. The van der Waals surface area contributed by atoms with Crippen LogP contribution in [0.25, 0.3) is 0 Å². The number of hydrogen-bond acceptors (Lipinski definition) is 16. The van der Waals surface area contributed by atoms with Crippen LogP contribution in [0.1, 0.15) is 36.8 Å². The lowest BCUT2D eigenvalue weighted by Gasteiger charge is -2.30. The average molecular weight is 821 g/mol. The van der Waals surface area contributed by atoms with E-state index in [0.717, 1.165) is 17.8 Å².